The minimum Gasteiger partial charge on any atom is -0.356 e. The molecule has 2 heterocycles. The molecule has 118 valence electrons. The Labute approximate surface area is 140 Å². The zero-order chi connectivity index (χ0) is 15.9. The van der Waals surface area contributed by atoms with Gasteiger partial charge >= 0.3 is 0 Å². The van der Waals surface area contributed by atoms with Crippen LogP contribution in [0.5, 0.6) is 0 Å². The van der Waals surface area contributed by atoms with E-state index >= 15 is 0 Å². The Morgan fingerprint density at radius 2 is 2.04 bits per heavy atom. The molecule has 4 nitrogen and oxygen atoms in total. The lowest BCUT2D eigenvalue weighted by Gasteiger charge is -2.12. The SMILES string of the molecule is CN=C(NCCc1cccs1)NCc1cccc2cccnc12. The summed E-state index contributed by atoms with van der Waals surface area (Å²) in [5, 5.41) is 9.98. The third-order valence-corrected chi connectivity index (χ3v) is 4.57. The van der Waals surface area contributed by atoms with Crippen molar-refractivity contribution in [3.05, 3.63) is 64.5 Å². The van der Waals surface area contributed by atoms with Gasteiger partial charge in [-0.3, -0.25) is 9.98 Å². The molecule has 0 aliphatic heterocycles. The number of rotatable bonds is 5. The van der Waals surface area contributed by atoms with E-state index in [9.17, 15) is 0 Å². The molecule has 0 unspecified atom stereocenters. The number of guanidine groups is 1. The predicted molar refractivity (Wildman–Crippen MR) is 98.0 cm³/mol. The summed E-state index contributed by atoms with van der Waals surface area (Å²) in [4.78, 5) is 10.1. The summed E-state index contributed by atoms with van der Waals surface area (Å²) in [6.07, 6.45) is 2.84. The molecule has 5 heteroatoms. The van der Waals surface area contributed by atoms with Gasteiger partial charge in [0.2, 0.25) is 0 Å². The van der Waals surface area contributed by atoms with E-state index in [0.717, 1.165) is 29.8 Å². The average Bonchev–Trinajstić information content (AvgIpc) is 3.11. The van der Waals surface area contributed by atoms with Crippen molar-refractivity contribution in [2.24, 2.45) is 4.99 Å². The number of para-hydroxylation sites is 1. The summed E-state index contributed by atoms with van der Waals surface area (Å²) in [5.74, 6) is 0.814. The van der Waals surface area contributed by atoms with Crippen LogP contribution in [-0.4, -0.2) is 24.5 Å². The van der Waals surface area contributed by atoms with E-state index in [1.165, 1.54) is 10.4 Å². The molecule has 0 saturated carbocycles. The monoisotopic (exact) mass is 324 g/mol. The Bertz CT molecular complexity index is 775. The number of fused-ring (bicyclic) bond motifs is 1. The zero-order valence-corrected chi connectivity index (χ0v) is 13.9. The number of aromatic nitrogens is 1. The number of nitrogens with zero attached hydrogens (tertiary/aromatic N) is 2. The highest BCUT2D eigenvalue weighted by Crippen LogP contribution is 2.15. The number of hydrogen-bond acceptors (Lipinski definition) is 3. The average molecular weight is 324 g/mol. The van der Waals surface area contributed by atoms with E-state index in [2.05, 4.69) is 62.4 Å². The molecule has 0 amide bonds. The fourth-order valence-electron chi connectivity index (χ4n) is 2.47. The van der Waals surface area contributed by atoms with E-state index in [0.29, 0.717) is 6.54 Å². The lowest BCUT2D eigenvalue weighted by Crippen LogP contribution is -2.37. The normalized spacial score (nSPS) is 11.6. The molecule has 0 atom stereocenters. The van der Waals surface area contributed by atoms with Gasteiger partial charge in [0.1, 0.15) is 0 Å². The molecule has 0 radical (unpaired) electrons. The summed E-state index contributed by atoms with van der Waals surface area (Å²) in [7, 11) is 1.79. The minimum absolute atomic E-state index is 0.701. The van der Waals surface area contributed by atoms with Gasteiger partial charge in [-0.1, -0.05) is 30.3 Å². The first-order valence-electron chi connectivity index (χ1n) is 7.66. The van der Waals surface area contributed by atoms with Crippen molar-refractivity contribution >= 4 is 28.2 Å². The van der Waals surface area contributed by atoms with Gasteiger partial charge < -0.3 is 10.6 Å². The van der Waals surface area contributed by atoms with Crippen LogP contribution in [0.2, 0.25) is 0 Å². The van der Waals surface area contributed by atoms with E-state index in [-0.39, 0.29) is 0 Å². The molecule has 23 heavy (non-hydrogen) atoms. The molecule has 0 aliphatic rings. The first-order chi connectivity index (χ1) is 11.4. The predicted octanol–water partition coefficient (Wildman–Crippen LogP) is 3.20. The standard InChI is InChI=1S/C18H20N4S/c1-19-18(21-11-9-16-8-4-12-23-16)22-13-15-6-2-5-14-7-3-10-20-17(14)15/h2-8,10,12H,9,11,13H2,1H3,(H2,19,21,22). The van der Waals surface area contributed by atoms with Crippen molar-refractivity contribution in [3.8, 4) is 0 Å². The van der Waals surface area contributed by atoms with E-state index in [1.807, 2.05) is 12.3 Å². The van der Waals surface area contributed by atoms with Gasteiger partial charge in [-0.05, 0) is 29.5 Å². The second-order valence-electron chi connectivity index (χ2n) is 5.17. The molecule has 0 fully saturated rings. The lowest BCUT2D eigenvalue weighted by atomic mass is 10.1. The Hall–Kier alpha value is -2.40. The molecular weight excluding hydrogens is 304 g/mol. The molecule has 3 rings (SSSR count). The number of nitrogens with one attached hydrogen (secondary N) is 2. The van der Waals surface area contributed by atoms with Crippen molar-refractivity contribution in [1.29, 1.82) is 0 Å². The van der Waals surface area contributed by atoms with E-state index in [1.54, 1.807) is 18.4 Å². The summed E-state index contributed by atoms with van der Waals surface area (Å²) in [6.45, 7) is 1.57. The summed E-state index contributed by atoms with van der Waals surface area (Å²) < 4.78 is 0. The minimum atomic E-state index is 0.701. The van der Waals surface area contributed by atoms with Crippen LogP contribution in [0.4, 0.5) is 0 Å². The van der Waals surface area contributed by atoms with Crippen molar-refractivity contribution < 1.29 is 0 Å². The third kappa shape index (κ3) is 4.07. The zero-order valence-electron chi connectivity index (χ0n) is 13.1. The van der Waals surface area contributed by atoms with Gasteiger partial charge in [0.15, 0.2) is 5.96 Å². The van der Waals surface area contributed by atoms with Crippen molar-refractivity contribution in [3.63, 3.8) is 0 Å². The first-order valence-corrected chi connectivity index (χ1v) is 8.54. The molecule has 3 aromatic rings. The smallest absolute Gasteiger partial charge is 0.191 e. The Morgan fingerprint density at radius 3 is 2.87 bits per heavy atom. The van der Waals surface area contributed by atoms with Crippen LogP contribution in [0.15, 0.2) is 59.0 Å². The second kappa shape index (κ2) is 7.74. The van der Waals surface area contributed by atoms with Crippen LogP contribution >= 0.6 is 11.3 Å². The quantitative estimate of drug-likeness (QED) is 0.560. The molecule has 2 aromatic heterocycles. The molecule has 0 spiro atoms. The third-order valence-electron chi connectivity index (χ3n) is 3.63. The lowest BCUT2D eigenvalue weighted by molar-refractivity contribution is 0.801. The summed E-state index contributed by atoms with van der Waals surface area (Å²) >= 11 is 1.79. The number of benzene rings is 1. The molecule has 1 aromatic carbocycles. The Balaban J connectivity index is 1.57. The molecule has 0 saturated heterocycles. The summed E-state index contributed by atoms with van der Waals surface area (Å²) in [5.41, 5.74) is 2.21. The number of pyridine rings is 1. The van der Waals surface area contributed by atoms with Crippen LogP contribution < -0.4 is 10.6 Å². The van der Waals surface area contributed by atoms with E-state index in [4.69, 9.17) is 0 Å². The van der Waals surface area contributed by atoms with Crippen molar-refractivity contribution in [2.75, 3.05) is 13.6 Å². The number of aliphatic imine (C=N–C) groups is 1. The maximum atomic E-state index is 4.48. The molecule has 0 aliphatic carbocycles. The summed E-state index contributed by atoms with van der Waals surface area (Å²) in [6, 6.07) is 14.5. The van der Waals surface area contributed by atoms with Gasteiger partial charge in [0.05, 0.1) is 5.52 Å². The molecule has 0 bridgehead atoms. The van der Waals surface area contributed by atoms with Gasteiger partial charge in [0, 0.05) is 36.6 Å². The van der Waals surface area contributed by atoms with Crippen LogP contribution in [0, 0.1) is 0 Å². The van der Waals surface area contributed by atoms with Gasteiger partial charge in [0.25, 0.3) is 0 Å². The highest BCUT2D eigenvalue weighted by atomic mass is 32.1. The highest BCUT2D eigenvalue weighted by Gasteiger charge is 2.03. The fraction of sp³-hybridized carbons (Fsp3) is 0.222. The van der Waals surface area contributed by atoms with Crippen molar-refractivity contribution in [1.82, 2.24) is 15.6 Å². The first kappa shape index (κ1) is 15.5. The van der Waals surface area contributed by atoms with Gasteiger partial charge in [-0.15, -0.1) is 11.3 Å². The van der Waals surface area contributed by atoms with Crippen molar-refractivity contribution in [2.45, 2.75) is 13.0 Å². The highest BCUT2D eigenvalue weighted by molar-refractivity contribution is 7.09. The van der Waals surface area contributed by atoms with Gasteiger partial charge in [-0.2, -0.15) is 0 Å². The van der Waals surface area contributed by atoms with Crippen LogP contribution in [-0.2, 0) is 13.0 Å². The van der Waals surface area contributed by atoms with E-state index < -0.39 is 0 Å². The Kier molecular flexibility index (Phi) is 5.21. The second-order valence-corrected chi connectivity index (χ2v) is 6.21. The largest absolute Gasteiger partial charge is 0.356 e. The molecular formula is C18H20N4S. The maximum absolute atomic E-state index is 4.48. The van der Waals surface area contributed by atoms with Gasteiger partial charge in [-0.25, -0.2) is 0 Å². The number of thiophene rings is 1. The molecule has 2 N–H and O–H groups in total. The Morgan fingerprint density at radius 1 is 1.13 bits per heavy atom. The van der Waals surface area contributed by atoms with Crippen LogP contribution in [0.1, 0.15) is 10.4 Å². The topological polar surface area (TPSA) is 49.3 Å². The maximum Gasteiger partial charge on any atom is 0.191 e. The fourth-order valence-corrected chi connectivity index (χ4v) is 3.18. The number of hydrogen-bond donors (Lipinski definition) is 2. The van der Waals surface area contributed by atoms with Crippen LogP contribution in [0.3, 0.4) is 0 Å². The van der Waals surface area contributed by atoms with Crippen LogP contribution in [0.25, 0.3) is 10.9 Å².